The Bertz CT molecular complexity index is 1290. The molecule has 1 N–H and O–H groups in total. The first-order chi connectivity index (χ1) is 14.6. The molecular formula is C25H27ClN2O3. The van der Waals surface area contributed by atoms with Gasteiger partial charge < -0.3 is 14.2 Å². The number of nitrogens with zero attached hydrogens (tertiary/aromatic N) is 1. The fraction of sp³-hybridized carbons (Fsp3) is 0.360. The molecule has 1 aliphatic carbocycles. The second kappa shape index (κ2) is 8.85. The van der Waals surface area contributed by atoms with Gasteiger partial charge in [-0.25, -0.2) is 4.79 Å². The number of aryl methyl sites for hydroxylation is 2. The van der Waals surface area contributed by atoms with E-state index in [9.17, 15) is 4.79 Å². The van der Waals surface area contributed by atoms with Crippen molar-refractivity contribution >= 4 is 34.3 Å². The van der Waals surface area contributed by atoms with E-state index in [4.69, 9.17) is 8.83 Å². The molecule has 1 fully saturated rings. The number of hydrogen-bond donors (Lipinski definition) is 1. The summed E-state index contributed by atoms with van der Waals surface area (Å²) in [7, 11) is 0. The lowest BCUT2D eigenvalue weighted by molar-refractivity contribution is 0.372. The molecule has 0 amide bonds. The molecule has 31 heavy (non-hydrogen) atoms. The van der Waals surface area contributed by atoms with Crippen LogP contribution in [-0.2, 0) is 6.54 Å². The summed E-state index contributed by atoms with van der Waals surface area (Å²) < 4.78 is 11.7. The maximum Gasteiger partial charge on any atom is 0.336 e. The van der Waals surface area contributed by atoms with Crippen molar-refractivity contribution in [3.8, 4) is 11.3 Å². The summed E-state index contributed by atoms with van der Waals surface area (Å²) in [6.45, 7) is 4.70. The Morgan fingerprint density at radius 2 is 1.84 bits per heavy atom. The molecule has 162 valence electrons. The van der Waals surface area contributed by atoms with E-state index in [1.807, 2.05) is 44.3 Å². The van der Waals surface area contributed by atoms with E-state index in [1.54, 1.807) is 0 Å². The molecule has 0 radical (unpaired) electrons. The third kappa shape index (κ3) is 4.25. The van der Waals surface area contributed by atoms with E-state index in [0.717, 1.165) is 45.3 Å². The Labute approximate surface area is 187 Å². The Kier molecular flexibility index (Phi) is 6.17. The lowest BCUT2D eigenvalue weighted by Crippen LogP contribution is -2.30. The Morgan fingerprint density at radius 3 is 2.65 bits per heavy atom. The Morgan fingerprint density at radius 1 is 1.03 bits per heavy atom. The highest BCUT2D eigenvalue weighted by Gasteiger charge is 2.18. The number of halogens is 1. The largest absolute Gasteiger partial charge is 0.454 e. The van der Waals surface area contributed by atoms with Gasteiger partial charge in [-0.2, -0.15) is 0 Å². The third-order valence-corrected chi connectivity index (χ3v) is 6.17. The minimum absolute atomic E-state index is 0. The Balaban J connectivity index is 0.00000231. The molecule has 0 spiro atoms. The van der Waals surface area contributed by atoms with E-state index in [-0.39, 0.29) is 18.0 Å². The molecule has 0 unspecified atom stereocenters. The summed E-state index contributed by atoms with van der Waals surface area (Å²) in [6, 6.07) is 10.0. The van der Waals surface area contributed by atoms with Gasteiger partial charge in [0.1, 0.15) is 11.3 Å². The van der Waals surface area contributed by atoms with E-state index < -0.39 is 0 Å². The fourth-order valence-electron chi connectivity index (χ4n) is 4.51. The van der Waals surface area contributed by atoms with Gasteiger partial charge in [-0.05, 0) is 49.9 Å². The van der Waals surface area contributed by atoms with Crippen LogP contribution in [0.3, 0.4) is 0 Å². The summed E-state index contributed by atoms with van der Waals surface area (Å²) in [5.41, 5.74) is 4.75. The first-order valence-electron chi connectivity index (χ1n) is 10.7. The van der Waals surface area contributed by atoms with Crippen LogP contribution < -0.4 is 10.9 Å². The topological polar surface area (TPSA) is 68.3 Å². The highest BCUT2D eigenvalue weighted by atomic mass is 35.5. The molecule has 5 nitrogen and oxygen atoms in total. The van der Waals surface area contributed by atoms with Crippen molar-refractivity contribution in [1.29, 1.82) is 0 Å². The number of pyridine rings is 1. The van der Waals surface area contributed by atoms with Gasteiger partial charge in [-0.3, -0.25) is 4.98 Å². The van der Waals surface area contributed by atoms with Crippen LogP contribution >= 0.6 is 12.4 Å². The number of aromatic nitrogens is 1. The molecule has 4 aromatic rings. The molecule has 3 heterocycles. The number of furan rings is 1. The van der Waals surface area contributed by atoms with E-state index in [0.29, 0.717) is 17.4 Å². The van der Waals surface area contributed by atoms with Crippen molar-refractivity contribution in [3.05, 3.63) is 63.8 Å². The van der Waals surface area contributed by atoms with Gasteiger partial charge in [0, 0.05) is 41.2 Å². The molecule has 0 aliphatic heterocycles. The zero-order valence-electron chi connectivity index (χ0n) is 17.9. The van der Waals surface area contributed by atoms with Crippen LogP contribution in [0.4, 0.5) is 0 Å². The van der Waals surface area contributed by atoms with Crippen molar-refractivity contribution in [3.63, 3.8) is 0 Å². The number of fused-ring (bicyclic) bond motifs is 2. The molecule has 1 saturated carbocycles. The summed E-state index contributed by atoms with van der Waals surface area (Å²) in [6.07, 6.45) is 8.37. The van der Waals surface area contributed by atoms with Crippen LogP contribution in [0.1, 0.15) is 48.9 Å². The monoisotopic (exact) mass is 438 g/mol. The SMILES string of the molecule is Cc1ccc2c(-c3cc4c(CNC5CCCCC5)cnc(C)c4o3)cc(=O)oc2c1.Cl. The highest BCUT2D eigenvalue weighted by Crippen LogP contribution is 2.34. The maximum atomic E-state index is 12.2. The standard InChI is InChI=1S/C25H26N2O3.ClH/c1-15-8-9-19-21(12-24(28)29-22(19)10-15)23-11-20-17(13-26-16(2)25(20)30-23)14-27-18-6-4-3-5-7-18;/h8-13,18,27H,3-7,14H2,1-2H3;1H. The molecule has 5 rings (SSSR count). The predicted molar refractivity (Wildman–Crippen MR) is 126 cm³/mol. The van der Waals surface area contributed by atoms with Crippen LogP contribution in [0.25, 0.3) is 33.3 Å². The smallest absolute Gasteiger partial charge is 0.336 e. The van der Waals surface area contributed by atoms with Crippen molar-refractivity contribution in [2.75, 3.05) is 0 Å². The van der Waals surface area contributed by atoms with E-state index in [1.165, 1.54) is 38.2 Å². The average Bonchev–Trinajstić information content (AvgIpc) is 3.19. The van der Waals surface area contributed by atoms with Gasteiger partial charge in [0.15, 0.2) is 5.58 Å². The molecule has 0 bridgehead atoms. The summed E-state index contributed by atoms with van der Waals surface area (Å²) in [4.78, 5) is 16.7. The van der Waals surface area contributed by atoms with Gasteiger partial charge in [0.25, 0.3) is 0 Å². The number of hydrogen-bond acceptors (Lipinski definition) is 5. The lowest BCUT2D eigenvalue weighted by Gasteiger charge is -2.22. The second-order valence-corrected chi connectivity index (χ2v) is 8.42. The van der Waals surface area contributed by atoms with Gasteiger partial charge in [-0.1, -0.05) is 31.4 Å². The highest BCUT2D eigenvalue weighted by molar-refractivity contribution is 5.95. The predicted octanol–water partition coefficient (Wildman–Crippen LogP) is 6.06. The summed E-state index contributed by atoms with van der Waals surface area (Å²) in [5, 5.41) is 5.61. The van der Waals surface area contributed by atoms with Gasteiger partial charge in [0.05, 0.1) is 5.69 Å². The molecule has 0 atom stereocenters. The van der Waals surface area contributed by atoms with Gasteiger partial charge >= 0.3 is 5.63 Å². The fourth-order valence-corrected chi connectivity index (χ4v) is 4.51. The molecule has 1 aromatic carbocycles. The minimum atomic E-state index is -0.377. The quantitative estimate of drug-likeness (QED) is 0.392. The average molecular weight is 439 g/mol. The second-order valence-electron chi connectivity index (χ2n) is 8.42. The van der Waals surface area contributed by atoms with Crippen LogP contribution in [0.5, 0.6) is 0 Å². The van der Waals surface area contributed by atoms with Crippen LogP contribution in [0, 0.1) is 13.8 Å². The zero-order chi connectivity index (χ0) is 20.7. The molecule has 6 heteroatoms. The molecule has 1 aliphatic rings. The molecular weight excluding hydrogens is 412 g/mol. The van der Waals surface area contributed by atoms with Crippen molar-refractivity contribution in [2.24, 2.45) is 0 Å². The van der Waals surface area contributed by atoms with E-state index in [2.05, 4.69) is 10.3 Å². The summed E-state index contributed by atoms with van der Waals surface area (Å²) >= 11 is 0. The number of benzene rings is 1. The van der Waals surface area contributed by atoms with Crippen molar-refractivity contribution in [2.45, 2.75) is 58.5 Å². The molecule has 0 saturated heterocycles. The first kappa shape index (κ1) is 21.6. The maximum absolute atomic E-state index is 12.2. The van der Waals surface area contributed by atoms with Gasteiger partial charge in [-0.15, -0.1) is 12.4 Å². The van der Waals surface area contributed by atoms with E-state index >= 15 is 0 Å². The van der Waals surface area contributed by atoms with Crippen LogP contribution in [-0.4, -0.2) is 11.0 Å². The number of rotatable bonds is 4. The molecule has 3 aromatic heterocycles. The van der Waals surface area contributed by atoms with Crippen molar-refractivity contribution in [1.82, 2.24) is 10.3 Å². The van der Waals surface area contributed by atoms with Gasteiger partial charge in [0.2, 0.25) is 0 Å². The first-order valence-corrected chi connectivity index (χ1v) is 10.7. The number of nitrogens with one attached hydrogen (secondary N) is 1. The zero-order valence-corrected chi connectivity index (χ0v) is 18.7. The third-order valence-electron chi connectivity index (χ3n) is 6.17. The normalized spacial score (nSPS) is 14.8. The van der Waals surface area contributed by atoms with Crippen LogP contribution in [0.2, 0.25) is 0 Å². The van der Waals surface area contributed by atoms with Crippen LogP contribution in [0.15, 0.2) is 50.2 Å². The minimum Gasteiger partial charge on any atom is -0.454 e. The lowest BCUT2D eigenvalue weighted by atomic mass is 9.95. The van der Waals surface area contributed by atoms with Crippen molar-refractivity contribution < 1.29 is 8.83 Å². The summed E-state index contributed by atoms with van der Waals surface area (Å²) in [5.74, 6) is 0.668. The Hall–Kier alpha value is -2.63.